The van der Waals surface area contributed by atoms with Crippen LogP contribution in [0.25, 0.3) is 10.9 Å². The number of aliphatic hydroxyl groups is 2. The fraction of sp³-hybridized carbons (Fsp3) is 0.709. The van der Waals surface area contributed by atoms with Crippen LogP contribution >= 0.6 is 0 Å². The van der Waals surface area contributed by atoms with Crippen LogP contribution in [0.4, 0.5) is 5.69 Å². The molecule has 5 aliphatic rings. The van der Waals surface area contributed by atoms with Crippen molar-refractivity contribution in [3.63, 3.8) is 0 Å². The maximum absolute atomic E-state index is 14.6. The van der Waals surface area contributed by atoms with E-state index in [1.54, 1.807) is 28.1 Å². The summed E-state index contributed by atoms with van der Waals surface area (Å²) >= 11 is 0. The number of aromatic nitrogens is 1. The van der Waals surface area contributed by atoms with Crippen LogP contribution in [0.2, 0.25) is 0 Å². The van der Waals surface area contributed by atoms with Gasteiger partial charge in [-0.2, -0.15) is 0 Å². The average Bonchev–Trinajstić information content (AvgIpc) is 4.10. The monoisotopic (exact) mass is 960 g/mol. The molecule has 3 aliphatic heterocycles. The minimum Gasteiger partial charge on any atom is -0.456 e. The first-order valence-electron chi connectivity index (χ1n) is 26.1. The molecule has 0 spiro atoms. The zero-order valence-corrected chi connectivity index (χ0v) is 42.7. The molecule has 1 amide bonds. The van der Waals surface area contributed by atoms with Gasteiger partial charge in [-0.05, 0) is 139 Å². The zero-order valence-electron chi connectivity index (χ0n) is 42.7. The number of amides is 1. The number of ether oxygens (including phenoxy) is 5. The van der Waals surface area contributed by atoms with Gasteiger partial charge in [0.1, 0.15) is 24.0 Å². The van der Waals surface area contributed by atoms with Crippen molar-refractivity contribution in [1.29, 1.82) is 0 Å². The molecule has 14 atom stereocenters. The number of allylic oxidation sites excluding steroid dienone is 3. The summed E-state index contributed by atoms with van der Waals surface area (Å²) in [5.74, 6) is -7.35. The Balaban J connectivity index is 1.16. The third kappa shape index (κ3) is 12.1. The van der Waals surface area contributed by atoms with Gasteiger partial charge >= 0.3 is 5.97 Å². The van der Waals surface area contributed by atoms with E-state index in [1.807, 2.05) is 33.8 Å². The quantitative estimate of drug-likeness (QED) is 0.118. The second kappa shape index (κ2) is 23.1. The molecule has 14 unspecified atom stereocenters. The molecule has 2 bridgehead atoms. The number of ketones is 2. The predicted molar refractivity (Wildman–Crippen MR) is 264 cm³/mol. The summed E-state index contributed by atoms with van der Waals surface area (Å²) in [6.45, 7) is 14.0. The summed E-state index contributed by atoms with van der Waals surface area (Å²) in [5, 5.41) is 29.1. The van der Waals surface area contributed by atoms with E-state index < -0.39 is 77.8 Å². The molecule has 2 aromatic rings. The lowest BCUT2D eigenvalue weighted by Gasteiger charge is -2.47. The zero-order chi connectivity index (χ0) is 49.7. The normalized spacial score (nSPS) is 36.3. The van der Waals surface area contributed by atoms with Gasteiger partial charge in [0.2, 0.25) is 5.79 Å². The molecule has 3 N–H and O–H groups in total. The number of carbonyl (C=O) groups is 4. The van der Waals surface area contributed by atoms with Crippen molar-refractivity contribution in [1.82, 2.24) is 9.47 Å². The van der Waals surface area contributed by atoms with Gasteiger partial charge in [-0.25, -0.2) is 4.79 Å². The van der Waals surface area contributed by atoms with E-state index in [-0.39, 0.29) is 55.6 Å². The largest absolute Gasteiger partial charge is 0.456 e. The minimum absolute atomic E-state index is 0.0349. The number of rotatable bonds is 10. The van der Waals surface area contributed by atoms with Crippen LogP contribution in [-0.4, -0.2) is 125 Å². The second-order valence-electron chi connectivity index (χ2n) is 21.3. The predicted octanol–water partition coefficient (Wildman–Crippen LogP) is 8.27. The first-order valence-corrected chi connectivity index (χ1v) is 26.1. The lowest BCUT2D eigenvalue weighted by atomic mass is 9.80. The summed E-state index contributed by atoms with van der Waals surface area (Å²) in [4.78, 5) is 58.8. The fourth-order valence-corrected chi connectivity index (χ4v) is 11.9. The van der Waals surface area contributed by atoms with Crippen LogP contribution in [-0.2, 0) is 42.9 Å². The molecule has 1 aromatic heterocycles. The number of Topliss-reactive ketones (excluding diaryl/α,β-unsaturated/α-hetero) is 2. The van der Waals surface area contributed by atoms with Gasteiger partial charge in [0, 0.05) is 80.4 Å². The molecule has 2 saturated carbocycles. The molecule has 69 heavy (non-hydrogen) atoms. The third-order valence-corrected chi connectivity index (χ3v) is 16.0. The highest BCUT2D eigenvalue weighted by atomic mass is 16.7. The highest BCUT2D eigenvalue weighted by Gasteiger charge is 2.56. The van der Waals surface area contributed by atoms with Gasteiger partial charge in [0.15, 0.2) is 0 Å². The number of carbonyl (C=O) groups excluding carboxylic acids is 4. The molecule has 2 aliphatic carbocycles. The Bertz CT molecular complexity index is 2180. The van der Waals surface area contributed by atoms with Crippen LogP contribution in [0, 0.1) is 29.6 Å². The Labute approximate surface area is 409 Å². The van der Waals surface area contributed by atoms with E-state index >= 15 is 0 Å². The van der Waals surface area contributed by atoms with Gasteiger partial charge in [-0.1, -0.05) is 45.4 Å². The molecule has 7 rings (SSSR count). The number of piperidine rings is 1. The summed E-state index contributed by atoms with van der Waals surface area (Å²) in [5.41, 5.74) is 4.04. The topological polar surface area (TPSA) is 175 Å². The van der Waals surface area contributed by atoms with Crippen molar-refractivity contribution < 1.29 is 53.1 Å². The highest BCUT2D eigenvalue weighted by molar-refractivity contribution is 6.39. The lowest BCUT2D eigenvalue weighted by Crippen LogP contribution is -2.64. The van der Waals surface area contributed by atoms with E-state index in [9.17, 15) is 29.4 Å². The van der Waals surface area contributed by atoms with Crippen molar-refractivity contribution in [2.75, 3.05) is 32.7 Å². The number of methoxy groups -OCH3 is 2. The SMILES string of the molecule is CCOC1CC(C=C(C)C2OC(=O)C3CCCCN3C(=O)C(=O)C3(O)OC(C(OC)CC(C)CC(C)=CC(CC)C(=O)CC(O)C2C)C(OC)CC3C)CCC1Nc1ccc2c(ccn2C2CC2)c1. The highest BCUT2D eigenvalue weighted by Crippen LogP contribution is 2.41. The number of aliphatic hydroxyl groups excluding tert-OH is 1. The van der Waals surface area contributed by atoms with Gasteiger partial charge in [0.05, 0.1) is 30.5 Å². The number of nitrogens with zero attached hydrogens (tertiary/aromatic N) is 2. The number of fused-ring (bicyclic) bond motifs is 4. The number of anilines is 1. The average molecular weight is 960 g/mol. The van der Waals surface area contributed by atoms with Crippen molar-refractivity contribution in [2.45, 2.75) is 192 Å². The summed E-state index contributed by atoms with van der Waals surface area (Å²) in [6.07, 6.45) is 10.1. The number of hydrogen-bond donors (Lipinski definition) is 3. The van der Waals surface area contributed by atoms with Gasteiger partial charge in [0.25, 0.3) is 11.7 Å². The maximum atomic E-state index is 14.6. The molecular weight excluding hydrogens is 879 g/mol. The third-order valence-electron chi connectivity index (χ3n) is 16.0. The van der Waals surface area contributed by atoms with E-state index in [0.29, 0.717) is 44.8 Å². The van der Waals surface area contributed by atoms with Gasteiger partial charge < -0.3 is 48.7 Å². The Kier molecular flexibility index (Phi) is 17.7. The minimum atomic E-state index is -2.50. The molecule has 382 valence electrons. The molecule has 2 saturated heterocycles. The summed E-state index contributed by atoms with van der Waals surface area (Å²) in [7, 11) is 3.09. The number of esters is 1. The van der Waals surface area contributed by atoms with E-state index in [0.717, 1.165) is 36.1 Å². The Morgan fingerprint density at radius 1 is 0.928 bits per heavy atom. The van der Waals surface area contributed by atoms with Crippen LogP contribution < -0.4 is 5.32 Å². The molecule has 4 fully saturated rings. The van der Waals surface area contributed by atoms with Crippen LogP contribution in [0.5, 0.6) is 0 Å². The Morgan fingerprint density at radius 2 is 1.67 bits per heavy atom. The first-order chi connectivity index (χ1) is 33.0. The van der Waals surface area contributed by atoms with Crippen LogP contribution in [0.1, 0.15) is 138 Å². The summed E-state index contributed by atoms with van der Waals surface area (Å²) < 4.78 is 33.4. The molecule has 14 nitrogen and oxygen atoms in total. The molecule has 4 heterocycles. The molecule has 1 aromatic carbocycles. The molecule has 14 heteroatoms. The van der Waals surface area contributed by atoms with Crippen molar-refractivity contribution >= 4 is 40.0 Å². The van der Waals surface area contributed by atoms with Crippen molar-refractivity contribution in [3.8, 4) is 0 Å². The number of cyclic esters (lactones) is 1. The molecular formula is C55H81N3O11. The van der Waals surface area contributed by atoms with Crippen molar-refractivity contribution in [2.24, 2.45) is 29.6 Å². The number of benzene rings is 1. The van der Waals surface area contributed by atoms with Gasteiger partial charge in [-0.15, -0.1) is 0 Å². The smallest absolute Gasteiger partial charge is 0.329 e. The fourth-order valence-electron chi connectivity index (χ4n) is 11.9. The lowest BCUT2D eigenvalue weighted by molar-refractivity contribution is -0.302. The van der Waals surface area contributed by atoms with Crippen LogP contribution in [0.15, 0.2) is 53.8 Å². The standard InChI is InChI=1S/C55H81N3O11/c1-10-38-25-32(3)24-33(4)26-48(65-8)51-49(66-9)28-35(6)55(64,69-51)52(61)53(62)58-22-13-12-14-44(58)54(63)68-50(36(7)45(59)31-46(38)60)34(5)27-37-15-19-42(47(29-37)67-11-2)56-40-16-20-43-39(30-40)21-23-57(43)41-17-18-41/h16,20-21,23,25,27,30,33,35-38,41-42,44-45,47-51,56,59,64H,10-15,17-19,22,24,26,28-29,31H2,1-9H3. The van der Waals surface area contributed by atoms with Crippen molar-refractivity contribution in [3.05, 3.63) is 53.8 Å². The first kappa shape index (κ1) is 52.9. The number of hydrogen-bond acceptors (Lipinski definition) is 12. The van der Waals surface area contributed by atoms with Crippen LogP contribution in [0.3, 0.4) is 0 Å². The maximum Gasteiger partial charge on any atom is 0.329 e. The number of nitrogens with one attached hydrogen (secondary N) is 1. The van der Waals surface area contributed by atoms with E-state index in [1.165, 1.54) is 28.6 Å². The van der Waals surface area contributed by atoms with Gasteiger partial charge in [-0.3, -0.25) is 14.4 Å². The van der Waals surface area contributed by atoms with E-state index in [4.69, 9.17) is 23.7 Å². The Hall–Kier alpha value is -3.92. The summed E-state index contributed by atoms with van der Waals surface area (Å²) in [6, 6.07) is 8.32. The van der Waals surface area contributed by atoms with E-state index in [2.05, 4.69) is 53.3 Å². The molecule has 0 radical (unpaired) electrons. The second-order valence-corrected chi connectivity index (χ2v) is 21.3. The Morgan fingerprint density at radius 3 is 2.36 bits per heavy atom.